The molecule has 2 heterocycles. The summed E-state index contributed by atoms with van der Waals surface area (Å²) in [5, 5.41) is 4.16. The maximum atomic E-state index is 12.8. The predicted molar refractivity (Wildman–Crippen MR) is 121 cm³/mol. The van der Waals surface area contributed by atoms with E-state index in [1.54, 1.807) is 60.4 Å². The summed E-state index contributed by atoms with van der Waals surface area (Å²) < 4.78 is 45.8. The molecule has 0 atom stereocenters. The Kier molecular flexibility index (Phi) is 6.13. The first-order valence-electron chi connectivity index (χ1n) is 9.76. The Balaban J connectivity index is 1.50. The first-order valence-corrected chi connectivity index (χ1v) is 11.2. The number of aromatic nitrogens is 4. The van der Waals surface area contributed by atoms with Crippen LogP contribution in [0.4, 0.5) is 5.69 Å². The summed E-state index contributed by atoms with van der Waals surface area (Å²) in [5.74, 6) is 2.67. The molecule has 33 heavy (non-hydrogen) atoms. The van der Waals surface area contributed by atoms with E-state index in [1.165, 1.54) is 32.4 Å². The standard InChI is InChI=1S/C22H21N5O5S/c1-15-24-21(27-12-4-11-23-27)14-22(25-15)32-17-7-5-16(6-8-17)26-33(28,29)18-9-10-19(30-2)20(13-18)31-3/h4-14,26H,1-3H3. The molecule has 11 heteroatoms. The fraction of sp³-hybridized carbons (Fsp3) is 0.136. The van der Waals surface area contributed by atoms with E-state index in [9.17, 15) is 8.42 Å². The van der Waals surface area contributed by atoms with Crippen LogP contribution in [0, 0.1) is 6.92 Å². The molecule has 0 fully saturated rings. The van der Waals surface area contributed by atoms with Gasteiger partial charge in [-0.05, 0) is 49.4 Å². The van der Waals surface area contributed by atoms with Crippen LogP contribution in [0.15, 0.2) is 71.9 Å². The highest BCUT2D eigenvalue weighted by Crippen LogP contribution is 2.30. The number of hydrogen-bond donors (Lipinski definition) is 1. The van der Waals surface area contributed by atoms with Crippen LogP contribution in [0.2, 0.25) is 0 Å². The number of nitrogens with one attached hydrogen (secondary N) is 1. The maximum Gasteiger partial charge on any atom is 0.262 e. The van der Waals surface area contributed by atoms with Crippen LogP contribution in [0.1, 0.15) is 5.82 Å². The Hall–Kier alpha value is -4.12. The van der Waals surface area contributed by atoms with Crippen molar-refractivity contribution in [1.82, 2.24) is 19.7 Å². The average molecular weight is 468 g/mol. The number of methoxy groups -OCH3 is 2. The first-order chi connectivity index (χ1) is 15.9. The summed E-state index contributed by atoms with van der Waals surface area (Å²) in [6, 6.07) is 14.3. The number of nitrogens with zero attached hydrogens (tertiary/aromatic N) is 4. The highest BCUT2D eigenvalue weighted by Gasteiger charge is 2.17. The lowest BCUT2D eigenvalue weighted by Gasteiger charge is -2.12. The van der Waals surface area contributed by atoms with Crippen LogP contribution in [0.3, 0.4) is 0 Å². The van der Waals surface area contributed by atoms with E-state index in [-0.39, 0.29) is 4.90 Å². The van der Waals surface area contributed by atoms with E-state index in [0.717, 1.165) is 0 Å². The molecule has 4 aromatic rings. The Bertz CT molecular complexity index is 1360. The second kappa shape index (κ2) is 9.17. The molecule has 0 saturated carbocycles. The Morgan fingerprint density at radius 1 is 0.939 bits per heavy atom. The van der Waals surface area contributed by atoms with Gasteiger partial charge in [0, 0.05) is 30.2 Å². The summed E-state index contributed by atoms with van der Waals surface area (Å²) in [4.78, 5) is 8.67. The lowest BCUT2D eigenvalue weighted by molar-refractivity contribution is 0.354. The molecular weight excluding hydrogens is 446 g/mol. The lowest BCUT2D eigenvalue weighted by Crippen LogP contribution is -2.13. The Morgan fingerprint density at radius 3 is 2.36 bits per heavy atom. The molecular formula is C22H21N5O5S. The minimum absolute atomic E-state index is 0.0445. The minimum atomic E-state index is -3.84. The normalized spacial score (nSPS) is 11.1. The largest absolute Gasteiger partial charge is 0.493 e. The van der Waals surface area contributed by atoms with Crippen LogP contribution in [-0.4, -0.2) is 42.4 Å². The van der Waals surface area contributed by atoms with Gasteiger partial charge in [0.25, 0.3) is 10.0 Å². The second-order valence-electron chi connectivity index (χ2n) is 6.81. The molecule has 0 bridgehead atoms. The highest BCUT2D eigenvalue weighted by molar-refractivity contribution is 7.92. The number of hydrogen-bond acceptors (Lipinski definition) is 8. The van der Waals surface area contributed by atoms with E-state index >= 15 is 0 Å². The molecule has 4 rings (SSSR count). The number of anilines is 1. The molecule has 0 saturated heterocycles. The van der Waals surface area contributed by atoms with Gasteiger partial charge in [0.05, 0.1) is 19.1 Å². The smallest absolute Gasteiger partial charge is 0.262 e. The van der Waals surface area contributed by atoms with Crippen LogP contribution in [0.25, 0.3) is 5.82 Å². The monoisotopic (exact) mass is 467 g/mol. The summed E-state index contributed by atoms with van der Waals surface area (Å²) in [6.07, 6.45) is 3.42. The first kappa shape index (κ1) is 22.1. The van der Waals surface area contributed by atoms with Gasteiger partial charge in [0.2, 0.25) is 5.88 Å². The number of ether oxygens (including phenoxy) is 3. The molecule has 0 unspecified atom stereocenters. The molecule has 10 nitrogen and oxygen atoms in total. The molecule has 0 aliphatic rings. The molecule has 2 aromatic heterocycles. The van der Waals surface area contributed by atoms with Crippen molar-refractivity contribution in [2.75, 3.05) is 18.9 Å². The average Bonchev–Trinajstić information content (AvgIpc) is 3.34. The van der Waals surface area contributed by atoms with Crippen molar-refractivity contribution >= 4 is 15.7 Å². The van der Waals surface area contributed by atoms with Gasteiger partial charge in [-0.1, -0.05) is 0 Å². The van der Waals surface area contributed by atoms with E-state index in [1.807, 2.05) is 0 Å². The zero-order chi connectivity index (χ0) is 23.4. The van der Waals surface area contributed by atoms with Gasteiger partial charge >= 0.3 is 0 Å². The predicted octanol–water partition coefficient (Wildman–Crippen LogP) is 3.58. The summed E-state index contributed by atoms with van der Waals surface area (Å²) in [6.45, 7) is 1.76. The summed E-state index contributed by atoms with van der Waals surface area (Å²) >= 11 is 0. The van der Waals surface area contributed by atoms with Crippen molar-refractivity contribution in [3.63, 3.8) is 0 Å². The van der Waals surface area contributed by atoms with Crippen molar-refractivity contribution in [1.29, 1.82) is 0 Å². The van der Waals surface area contributed by atoms with E-state index in [2.05, 4.69) is 19.8 Å². The lowest BCUT2D eigenvalue weighted by atomic mass is 10.3. The van der Waals surface area contributed by atoms with Gasteiger partial charge < -0.3 is 14.2 Å². The summed E-state index contributed by atoms with van der Waals surface area (Å²) in [5.41, 5.74) is 0.369. The van der Waals surface area contributed by atoms with Gasteiger partial charge in [-0.25, -0.2) is 18.1 Å². The van der Waals surface area contributed by atoms with Gasteiger partial charge in [-0.15, -0.1) is 0 Å². The van der Waals surface area contributed by atoms with Gasteiger partial charge in [-0.2, -0.15) is 10.1 Å². The van der Waals surface area contributed by atoms with E-state index in [4.69, 9.17) is 14.2 Å². The second-order valence-corrected chi connectivity index (χ2v) is 8.49. The third-order valence-electron chi connectivity index (χ3n) is 4.53. The third kappa shape index (κ3) is 5.04. The number of sulfonamides is 1. The molecule has 0 spiro atoms. The molecule has 2 aromatic carbocycles. The van der Waals surface area contributed by atoms with E-state index in [0.29, 0.717) is 40.5 Å². The minimum Gasteiger partial charge on any atom is -0.493 e. The van der Waals surface area contributed by atoms with Crippen LogP contribution >= 0.6 is 0 Å². The SMILES string of the molecule is COc1ccc(S(=O)(=O)Nc2ccc(Oc3cc(-n4cccn4)nc(C)n3)cc2)cc1OC. The van der Waals surface area contributed by atoms with Crippen LogP contribution in [0.5, 0.6) is 23.1 Å². The van der Waals surface area contributed by atoms with Gasteiger partial charge in [0.1, 0.15) is 11.6 Å². The molecule has 0 aliphatic heterocycles. The van der Waals surface area contributed by atoms with Crippen molar-refractivity contribution in [3.8, 4) is 28.9 Å². The highest BCUT2D eigenvalue weighted by atomic mass is 32.2. The number of aryl methyl sites for hydroxylation is 1. The Morgan fingerprint density at radius 2 is 1.70 bits per heavy atom. The summed E-state index contributed by atoms with van der Waals surface area (Å²) in [7, 11) is -0.913. The number of benzene rings is 2. The third-order valence-corrected chi connectivity index (χ3v) is 5.91. The zero-order valence-electron chi connectivity index (χ0n) is 18.1. The van der Waals surface area contributed by atoms with Crippen LogP contribution in [-0.2, 0) is 10.0 Å². The fourth-order valence-electron chi connectivity index (χ4n) is 3.01. The van der Waals surface area contributed by atoms with E-state index < -0.39 is 10.0 Å². The quantitative estimate of drug-likeness (QED) is 0.418. The van der Waals surface area contributed by atoms with Gasteiger partial charge in [0.15, 0.2) is 17.3 Å². The van der Waals surface area contributed by atoms with Crippen LogP contribution < -0.4 is 18.9 Å². The molecule has 0 radical (unpaired) electrons. The molecule has 0 aliphatic carbocycles. The number of rotatable bonds is 8. The Labute approximate surface area is 190 Å². The van der Waals surface area contributed by atoms with Crippen molar-refractivity contribution in [3.05, 3.63) is 72.8 Å². The van der Waals surface area contributed by atoms with Crippen molar-refractivity contribution in [2.24, 2.45) is 0 Å². The topological polar surface area (TPSA) is 117 Å². The van der Waals surface area contributed by atoms with Crippen molar-refractivity contribution in [2.45, 2.75) is 11.8 Å². The maximum absolute atomic E-state index is 12.8. The van der Waals surface area contributed by atoms with Crippen molar-refractivity contribution < 1.29 is 22.6 Å². The fourth-order valence-corrected chi connectivity index (χ4v) is 4.08. The molecule has 1 N–H and O–H groups in total. The molecule has 0 amide bonds. The molecule has 170 valence electrons. The van der Waals surface area contributed by atoms with Gasteiger partial charge in [-0.3, -0.25) is 4.72 Å². The zero-order valence-corrected chi connectivity index (χ0v) is 18.9.